The minimum absolute atomic E-state index is 0.000567. The van der Waals surface area contributed by atoms with Crippen LogP contribution in [0.1, 0.15) is 53.4 Å². The van der Waals surface area contributed by atoms with Crippen LogP contribution in [0.4, 0.5) is 0 Å². The lowest BCUT2D eigenvalue weighted by molar-refractivity contribution is -0.0232. The predicted molar refractivity (Wildman–Crippen MR) is 144 cm³/mol. The number of pyridine rings is 1. The molecular formula is C30H31NO8. The Morgan fingerprint density at radius 3 is 2.46 bits per heavy atom. The molecule has 2 aromatic carbocycles. The Kier molecular flexibility index (Phi) is 5.78. The van der Waals surface area contributed by atoms with Gasteiger partial charge in [-0.05, 0) is 48.3 Å². The maximum atomic E-state index is 13.7. The number of aryl methyl sites for hydroxylation is 1. The number of hydrogen-bond donors (Lipinski definition) is 4. The molecule has 2 aliphatic carbocycles. The highest BCUT2D eigenvalue weighted by molar-refractivity contribution is 6.09. The molecule has 0 radical (unpaired) electrons. The van der Waals surface area contributed by atoms with Gasteiger partial charge in [0.25, 0.3) is 5.56 Å². The van der Waals surface area contributed by atoms with E-state index < -0.39 is 35.8 Å². The first kappa shape index (κ1) is 25.5. The highest BCUT2D eigenvalue weighted by atomic mass is 16.5. The van der Waals surface area contributed by atoms with E-state index in [9.17, 15) is 30.0 Å². The molecule has 4 N–H and O–H groups in total. The van der Waals surface area contributed by atoms with Gasteiger partial charge in [0.15, 0.2) is 17.3 Å². The average Bonchev–Trinajstić information content (AvgIpc) is 2.92. The van der Waals surface area contributed by atoms with E-state index >= 15 is 0 Å². The van der Waals surface area contributed by atoms with Crippen LogP contribution in [0.2, 0.25) is 0 Å². The van der Waals surface area contributed by atoms with Gasteiger partial charge in [-0.25, -0.2) is 0 Å². The quantitative estimate of drug-likeness (QED) is 0.377. The van der Waals surface area contributed by atoms with Crippen molar-refractivity contribution in [2.45, 2.75) is 57.3 Å². The number of phenolic OH excluding ortho intramolecular Hbond substituents is 2. The van der Waals surface area contributed by atoms with Crippen molar-refractivity contribution in [3.63, 3.8) is 0 Å². The van der Waals surface area contributed by atoms with Gasteiger partial charge in [0, 0.05) is 29.4 Å². The Bertz CT molecular complexity index is 1650. The van der Waals surface area contributed by atoms with Gasteiger partial charge in [-0.3, -0.25) is 9.59 Å². The number of ketones is 1. The lowest BCUT2D eigenvalue weighted by Gasteiger charge is -2.40. The fraction of sp³-hybridized carbons (Fsp3) is 0.400. The molecule has 6 rings (SSSR count). The monoisotopic (exact) mass is 533 g/mol. The number of phenols is 2. The first-order valence-corrected chi connectivity index (χ1v) is 13.2. The standard InChI is InChI=1S/C30H31NO8/c1-5-12(2)16-11-14-10-13-6-7-15-21(19(13)24(34)20(14)30(37)31(16)3)25(35)23-26(36)22-17(32)8-9-18(33)28(22)39-29(23)27(15)38-4/h8-12,17-18,22,28,32-35H,5-7H2,1-4H3/t12-,17-,18+,22+,28+/m0/s1. The number of ether oxygens (including phenoxy) is 2. The Hall–Kier alpha value is -3.82. The SMILES string of the molecule is CC[C@H](C)c1cc2cc3c(c(O)c2c(=O)n1C)-c1c(O)c2c(c(OC)c1CC3)O[C@H]1[C@@H](C2=O)[C@@H](O)C=C[C@H]1O. The van der Waals surface area contributed by atoms with E-state index in [1.165, 1.54) is 19.3 Å². The lowest BCUT2D eigenvalue weighted by atomic mass is 9.75. The Labute approximate surface area is 224 Å². The molecule has 0 fully saturated rings. The molecule has 39 heavy (non-hydrogen) atoms. The molecule has 5 atom stereocenters. The third-order valence-electron chi connectivity index (χ3n) is 8.69. The summed E-state index contributed by atoms with van der Waals surface area (Å²) in [4.78, 5) is 27.2. The summed E-state index contributed by atoms with van der Waals surface area (Å²) in [6, 6.07) is 3.79. The third kappa shape index (κ3) is 3.39. The van der Waals surface area contributed by atoms with Gasteiger partial charge in [0.2, 0.25) is 0 Å². The van der Waals surface area contributed by atoms with Crippen LogP contribution in [0.3, 0.4) is 0 Å². The molecule has 1 aliphatic heterocycles. The van der Waals surface area contributed by atoms with Gasteiger partial charge in [-0.15, -0.1) is 0 Å². The van der Waals surface area contributed by atoms with Crippen LogP contribution in [0.5, 0.6) is 23.0 Å². The van der Waals surface area contributed by atoms with Gasteiger partial charge in [-0.2, -0.15) is 0 Å². The van der Waals surface area contributed by atoms with Crippen molar-refractivity contribution >= 4 is 16.6 Å². The number of Topliss-reactive ketones (excluding diaryl/α,β-unsaturated/α-hetero) is 1. The molecule has 0 unspecified atom stereocenters. The molecule has 204 valence electrons. The van der Waals surface area contributed by atoms with E-state index in [4.69, 9.17) is 9.47 Å². The second-order valence-corrected chi connectivity index (χ2v) is 10.7. The van der Waals surface area contributed by atoms with E-state index in [-0.39, 0.29) is 50.8 Å². The Morgan fingerprint density at radius 2 is 1.77 bits per heavy atom. The number of fused-ring (bicyclic) bond motifs is 6. The van der Waals surface area contributed by atoms with E-state index in [0.717, 1.165) is 17.7 Å². The third-order valence-corrected chi connectivity index (χ3v) is 8.69. The van der Waals surface area contributed by atoms with E-state index in [1.807, 2.05) is 26.0 Å². The lowest BCUT2D eigenvalue weighted by Crippen LogP contribution is -2.52. The first-order chi connectivity index (χ1) is 18.6. The number of rotatable bonds is 3. The van der Waals surface area contributed by atoms with Gasteiger partial charge in [0.1, 0.15) is 29.3 Å². The number of hydrogen-bond acceptors (Lipinski definition) is 8. The van der Waals surface area contributed by atoms with Gasteiger partial charge in [-0.1, -0.05) is 26.0 Å². The van der Waals surface area contributed by atoms with Crippen molar-refractivity contribution < 1.29 is 34.7 Å². The van der Waals surface area contributed by atoms with E-state index in [1.54, 1.807) is 11.6 Å². The number of aliphatic hydroxyl groups excluding tert-OH is 2. The van der Waals surface area contributed by atoms with Crippen LogP contribution in [0.15, 0.2) is 29.1 Å². The molecule has 0 saturated carbocycles. The normalized spacial score (nSPS) is 23.9. The molecule has 0 saturated heterocycles. The van der Waals surface area contributed by atoms with Crippen molar-refractivity contribution in [2.24, 2.45) is 13.0 Å². The number of aromatic hydroxyl groups is 2. The molecular weight excluding hydrogens is 502 g/mol. The van der Waals surface area contributed by atoms with Crippen molar-refractivity contribution in [1.29, 1.82) is 0 Å². The van der Waals surface area contributed by atoms with Crippen molar-refractivity contribution in [2.75, 3.05) is 7.11 Å². The van der Waals surface area contributed by atoms with Gasteiger partial charge in [0.05, 0.1) is 24.5 Å². The largest absolute Gasteiger partial charge is 0.506 e. The van der Waals surface area contributed by atoms with E-state index in [0.29, 0.717) is 23.8 Å². The first-order valence-electron chi connectivity index (χ1n) is 13.2. The van der Waals surface area contributed by atoms with E-state index in [2.05, 4.69) is 0 Å². The Morgan fingerprint density at radius 1 is 1.05 bits per heavy atom. The fourth-order valence-corrected chi connectivity index (χ4v) is 6.46. The van der Waals surface area contributed by atoms with Gasteiger partial charge >= 0.3 is 0 Å². The number of aliphatic hydroxyl groups is 2. The summed E-state index contributed by atoms with van der Waals surface area (Å²) in [5.41, 5.74) is 2.06. The van der Waals surface area contributed by atoms with Crippen LogP contribution in [-0.4, -0.2) is 56.2 Å². The number of carbonyl (C=O) groups excluding carboxylic acids is 1. The number of nitrogens with zero attached hydrogens (tertiary/aromatic N) is 1. The summed E-state index contributed by atoms with van der Waals surface area (Å²) in [5.74, 6) is -2.06. The van der Waals surface area contributed by atoms with Crippen molar-refractivity contribution in [3.05, 3.63) is 57.0 Å². The molecule has 0 amide bonds. The molecule has 9 nitrogen and oxygen atoms in total. The molecule has 0 bridgehead atoms. The molecule has 9 heteroatoms. The smallest absolute Gasteiger partial charge is 0.262 e. The van der Waals surface area contributed by atoms with Crippen molar-refractivity contribution in [3.8, 4) is 34.1 Å². The minimum Gasteiger partial charge on any atom is -0.506 e. The zero-order valence-electron chi connectivity index (χ0n) is 22.2. The summed E-state index contributed by atoms with van der Waals surface area (Å²) < 4.78 is 13.3. The highest BCUT2D eigenvalue weighted by Gasteiger charge is 2.49. The second kappa shape index (κ2) is 8.86. The number of methoxy groups -OCH3 is 1. The molecule has 2 heterocycles. The zero-order valence-corrected chi connectivity index (χ0v) is 22.2. The van der Waals surface area contributed by atoms with Crippen LogP contribution in [0.25, 0.3) is 21.9 Å². The Balaban J connectivity index is 1.65. The van der Waals surface area contributed by atoms with Crippen LogP contribution in [0, 0.1) is 5.92 Å². The van der Waals surface area contributed by atoms with Gasteiger partial charge < -0.3 is 34.5 Å². The average molecular weight is 534 g/mol. The summed E-state index contributed by atoms with van der Waals surface area (Å²) in [7, 11) is 3.10. The summed E-state index contributed by atoms with van der Waals surface area (Å²) in [6.07, 6.45) is 1.06. The van der Waals surface area contributed by atoms with Crippen molar-refractivity contribution in [1.82, 2.24) is 4.57 Å². The highest BCUT2D eigenvalue weighted by Crippen LogP contribution is 2.56. The minimum atomic E-state index is -1.21. The van der Waals surface area contributed by atoms with Crippen LogP contribution in [-0.2, 0) is 19.9 Å². The summed E-state index contributed by atoms with van der Waals surface area (Å²) >= 11 is 0. The van der Waals surface area contributed by atoms with Crippen LogP contribution >= 0.6 is 0 Å². The maximum Gasteiger partial charge on any atom is 0.262 e. The molecule has 3 aliphatic rings. The topological polar surface area (TPSA) is 138 Å². The number of aromatic nitrogens is 1. The fourth-order valence-electron chi connectivity index (χ4n) is 6.46. The molecule has 1 aromatic heterocycles. The zero-order chi connectivity index (χ0) is 27.9. The van der Waals surface area contributed by atoms with Crippen LogP contribution < -0.4 is 15.0 Å². The predicted octanol–water partition coefficient (Wildman–Crippen LogP) is 3.09. The summed E-state index contributed by atoms with van der Waals surface area (Å²) in [5, 5.41) is 45.0. The molecule has 3 aromatic rings. The molecule has 0 spiro atoms. The number of benzene rings is 2. The summed E-state index contributed by atoms with van der Waals surface area (Å²) in [6.45, 7) is 4.10. The number of carbonyl (C=O) groups is 1. The second-order valence-electron chi connectivity index (χ2n) is 10.7. The maximum absolute atomic E-state index is 13.7.